The average molecular weight is 272 g/mol. The Morgan fingerprint density at radius 1 is 1.50 bits per heavy atom. The summed E-state index contributed by atoms with van der Waals surface area (Å²) in [4.78, 5) is 18.6. The summed E-state index contributed by atoms with van der Waals surface area (Å²) in [6.45, 7) is 7.25. The molecule has 0 aliphatic carbocycles. The number of thiazole rings is 1. The molecule has 0 amide bonds. The van der Waals surface area contributed by atoms with E-state index in [2.05, 4.69) is 9.72 Å². The van der Waals surface area contributed by atoms with Gasteiger partial charge in [0.25, 0.3) is 0 Å². The van der Waals surface area contributed by atoms with Gasteiger partial charge in [0.1, 0.15) is 0 Å². The van der Waals surface area contributed by atoms with Gasteiger partial charge in [-0.3, -0.25) is 0 Å². The monoisotopic (exact) mass is 272 g/mol. The van der Waals surface area contributed by atoms with Gasteiger partial charge in [0, 0.05) is 18.5 Å². The molecule has 1 heterocycles. The molecular formula is C12H20N2O3S. The molecule has 5 nitrogen and oxygen atoms in total. The highest BCUT2D eigenvalue weighted by Gasteiger charge is 2.17. The van der Waals surface area contributed by atoms with Crippen LogP contribution >= 0.6 is 11.3 Å². The highest BCUT2D eigenvalue weighted by Crippen LogP contribution is 2.25. The van der Waals surface area contributed by atoms with Crippen LogP contribution in [0.2, 0.25) is 0 Å². The van der Waals surface area contributed by atoms with Crippen LogP contribution in [0.25, 0.3) is 0 Å². The first-order valence-corrected chi connectivity index (χ1v) is 6.65. The predicted molar refractivity (Wildman–Crippen MR) is 72.5 cm³/mol. The molecule has 0 aliphatic rings. The first kappa shape index (κ1) is 14.9. The molecule has 102 valence electrons. The summed E-state index contributed by atoms with van der Waals surface area (Å²) in [5.74, 6) is -0.387. The summed E-state index contributed by atoms with van der Waals surface area (Å²) < 4.78 is 10.2. The summed E-state index contributed by atoms with van der Waals surface area (Å²) in [5.41, 5.74) is 0.397. The number of rotatable bonds is 6. The molecule has 6 heteroatoms. The molecule has 1 aromatic rings. The molecule has 0 fully saturated rings. The van der Waals surface area contributed by atoms with Gasteiger partial charge in [0.2, 0.25) is 0 Å². The van der Waals surface area contributed by atoms with Gasteiger partial charge in [-0.1, -0.05) is 0 Å². The van der Waals surface area contributed by atoms with Crippen LogP contribution in [0.4, 0.5) is 5.13 Å². The lowest BCUT2D eigenvalue weighted by molar-refractivity contribution is 0.0594. The van der Waals surface area contributed by atoms with E-state index in [1.165, 1.54) is 18.4 Å². The third-order valence-electron chi connectivity index (χ3n) is 2.37. The summed E-state index contributed by atoms with van der Waals surface area (Å²) in [5, 5.41) is 0.806. The Bertz CT molecular complexity index is 404. The number of aryl methyl sites for hydroxylation is 1. The smallest absolute Gasteiger partial charge is 0.357 e. The Morgan fingerprint density at radius 2 is 2.17 bits per heavy atom. The van der Waals surface area contributed by atoms with Gasteiger partial charge in [0.05, 0.1) is 19.8 Å². The molecule has 0 saturated heterocycles. The Balaban J connectivity index is 2.63. The maximum Gasteiger partial charge on any atom is 0.357 e. The normalized spacial score (nSPS) is 10.8. The number of esters is 1. The minimum absolute atomic E-state index is 0.224. The van der Waals surface area contributed by atoms with E-state index in [4.69, 9.17) is 4.74 Å². The number of hydrogen-bond acceptors (Lipinski definition) is 6. The lowest BCUT2D eigenvalue weighted by Crippen LogP contribution is -2.23. The maximum atomic E-state index is 11.5. The number of nitrogens with zero attached hydrogens (tertiary/aromatic N) is 2. The van der Waals surface area contributed by atoms with E-state index in [-0.39, 0.29) is 12.1 Å². The molecule has 0 N–H and O–H groups in total. The molecular weight excluding hydrogens is 252 g/mol. The molecule has 0 atom stereocenters. The van der Waals surface area contributed by atoms with Crippen LogP contribution in [-0.4, -0.2) is 44.4 Å². The second-order valence-corrected chi connectivity index (χ2v) is 5.42. The summed E-state index contributed by atoms with van der Waals surface area (Å²) in [6, 6.07) is 0. The molecule has 0 bridgehead atoms. The van der Waals surface area contributed by atoms with Crippen molar-refractivity contribution in [3.8, 4) is 0 Å². The quantitative estimate of drug-likeness (QED) is 0.742. The fraction of sp³-hybridized carbons (Fsp3) is 0.667. The molecule has 1 rings (SSSR count). The van der Waals surface area contributed by atoms with E-state index in [0.29, 0.717) is 12.3 Å². The van der Waals surface area contributed by atoms with Crippen LogP contribution in [0.1, 0.15) is 29.2 Å². The molecule has 0 unspecified atom stereocenters. The number of likely N-dealkylation sites (N-methyl/N-ethyl adjacent to an activating group) is 1. The van der Waals surface area contributed by atoms with Gasteiger partial charge < -0.3 is 14.4 Å². The van der Waals surface area contributed by atoms with Gasteiger partial charge in [-0.15, -0.1) is 11.3 Å². The molecule has 0 saturated carbocycles. The number of carbonyl (C=O) groups excluding carboxylic acids is 1. The van der Waals surface area contributed by atoms with Crippen molar-refractivity contribution in [2.75, 3.05) is 32.2 Å². The summed E-state index contributed by atoms with van der Waals surface area (Å²) in [6.07, 6.45) is 0.224. The van der Waals surface area contributed by atoms with Crippen molar-refractivity contribution in [1.29, 1.82) is 0 Å². The maximum absolute atomic E-state index is 11.5. The first-order chi connectivity index (χ1) is 8.45. The largest absolute Gasteiger partial charge is 0.464 e. The zero-order valence-corrected chi connectivity index (χ0v) is 12.3. The minimum atomic E-state index is -0.387. The van der Waals surface area contributed by atoms with Gasteiger partial charge in [0.15, 0.2) is 10.8 Å². The Labute approximate surface area is 112 Å². The lowest BCUT2D eigenvalue weighted by atomic mass is 10.4. The highest BCUT2D eigenvalue weighted by atomic mass is 32.1. The third-order valence-corrected chi connectivity index (χ3v) is 3.45. The Morgan fingerprint density at radius 3 is 2.72 bits per heavy atom. The number of ether oxygens (including phenoxy) is 2. The van der Waals surface area contributed by atoms with Crippen LogP contribution < -0.4 is 4.90 Å². The zero-order chi connectivity index (χ0) is 13.7. The highest BCUT2D eigenvalue weighted by molar-refractivity contribution is 7.15. The Kier molecular flexibility index (Phi) is 5.55. The van der Waals surface area contributed by atoms with E-state index in [9.17, 15) is 4.79 Å². The topological polar surface area (TPSA) is 51.7 Å². The second-order valence-electron chi connectivity index (χ2n) is 4.23. The fourth-order valence-corrected chi connectivity index (χ4v) is 2.24. The number of anilines is 1. The van der Waals surface area contributed by atoms with Crippen molar-refractivity contribution in [3.05, 3.63) is 10.6 Å². The number of methoxy groups -OCH3 is 1. The van der Waals surface area contributed by atoms with Crippen molar-refractivity contribution in [1.82, 2.24) is 4.98 Å². The van der Waals surface area contributed by atoms with Crippen LogP contribution in [0.15, 0.2) is 0 Å². The fourth-order valence-electron chi connectivity index (χ4n) is 1.35. The van der Waals surface area contributed by atoms with Crippen molar-refractivity contribution in [2.45, 2.75) is 26.9 Å². The molecule has 1 aromatic heterocycles. The second kappa shape index (κ2) is 6.70. The molecule has 0 aromatic carbocycles. The number of aromatic nitrogens is 1. The predicted octanol–water partition coefficient (Wildman–Crippen LogP) is 2.10. The van der Waals surface area contributed by atoms with Crippen molar-refractivity contribution in [3.63, 3.8) is 0 Å². The minimum Gasteiger partial charge on any atom is -0.464 e. The van der Waals surface area contributed by atoms with Crippen molar-refractivity contribution in [2.24, 2.45) is 0 Å². The third kappa shape index (κ3) is 3.96. The van der Waals surface area contributed by atoms with Gasteiger partial charge in [-0.05, 0) is 20.8 Å². The number of carbonyl (C=O) groups is 1. The van der Waals surface area contributed by atoms with E-state index >= 15 is 0 Å². The number of hydrogen-bond donors (Lipinski definition) is 0. The van der Waals surface area contributed by atoms with Crippen molar-refractivity contribution < 1.29 is 14.3 Å². The molecule has 18 heavy (non-hydrogen) atoms. The zero-order valence-electron chi connectivity index (χ0n) is 11.5. The first-order valence-electron chi connectivity index (χ1n) is 5.84. The van der Waals surface area contributed by atoms with Crippen LogP contribution in [0.3, 0.4) is 0 Å². The van der Waals surface area contributed by atoms with Crippen LogP contribution in [0, 0.1) is 6.92 Å². The van der Waals surface area contributed by atoms with Crippen LogP contribution in [0.5, 0.6) is 0 Å². The van der Waals surface area contributed by atoms with Gasteiger partial charge >= 0.3 is 5.97 Å². The SMILES string of the molecule is COC(=O)c1nc(N(C)CCOC(C)C)sc1C. The van der Waals surface area contributed by atoms with Gasteiger partial charge in [-0.25, -0.2) is 9.78 Å². The van der Waals surface area contributed by atoms with E-state index < -0.39 is 0 Å². The summed E-state index contributed by atoms with van der Waals surface area (Å²) >= 11 is 1.48. The molecule has 0 radical (unpaired) electrons. The van der Waals surface area contributed by atoms with E-state index in [0.717, 1.165) is 16.6 Å². The Hall–Kier alpha value is -1.14. The van der Waals surface area contributed by atoms with Crippen LogP contribution in [-0.2, 0) is 9.47 Å². The lowest BCUT2D eigenvalue weighted by Gasteiger charge is -2.16. The van der Waals surface area contributed by atoms with Gasteiger partial charge in [-0.2, -0.15) is 0 Å². The van der Waals surface area contributed by atoms with E-state index in [1.54, 1.807) is 0 Å². The average Bonchev–Trinajstić information content (AvgIpc) is 2.70. The van der Waals surface area contributed by atoms with Crippen molar-refractivity contribution >= 4 is 22.4 Å². The summed E-state index contributed by atoms with van der Waals surface area (Å²) in [7, 11) is 3.30. The molecule has 0 spiro atoms. The van der Waals surface area contributed by atoms with E-state index in [1.807, 2.05) is 32.7 Å². The molecule has 0 aliphatic heterocycles. The standard InChI is InChI=1S/C12H20N2O3S/c1-8(2)17-7-6-14(4)12-13-10(9(3)18-12)11(15)16-5/h8H,6-7H2,1-5H3.